The van der Waals surface area contributed by atoms with Crippen molar-refractivity contribution in [3.8, 4) is 0 Å². The molecule has 1 aliphatic rings. The van der Waals surface area contributed by atoms with Gasteiger partial charge < -0.3 is 9.88 Å². The van der Waals surface area contributed by atoms with Crippen molar-refractivity contribution >= 4 is 27.7 Å². The van der Waals surface area contributed by atoms with Crippen molar-refractivity contribution in [2.75, 3.05) is 6.54 Å². The molecule has 1 amide bonds. The number of amides is 1. The van der Waals surface area contributed by atoms with Crippen molar-refractivity contribution in [3.63, 3.8) is 0 Å². The molecule has 3 heterocycles. The average molecular weight is 372 g/mol. The lowest BCUT2D eigenvalue weighted by Crippen LogP contribution is -2.41. The number of H-pyrrole nitrogens is 1. The third-order valence-corrected chi connectivity index (χ3v) is 5.66. The molecule has 5 rings (SSSR count). The second-order valence-electron chi connectivity index (χ2n) is 7.29. The van der Waals surface area contributed by atoms with E-state index in [4.69, 9.17) is 0 Å². The highest BCUT2D eigenvalue weighted by atomic mass is 16.2. The summed E-state index contributed by atoms with van der Waals surface area (Å²) in [6.45, 7) is 2.94. The molecule has 1 aliphatic heterocycles. The third kappa shape index (κ3) is 2.52. The first kappa shape index (κ1) is 16.7. The molecule has 0 fully saturated rings. The first-order valence-electron chi connectivity index (χ1n) is 9.46. The first-order valence-corrected chi connectivity index (χ1v) is 9.46. The summed E-state index contributed by atoms with van der Waals surface area (Å²) in [7, 11) is 0. The van der Waals surface area contributed by atoms with Gasteiger partial charge in [-0.05, 0) is 37.1 Å². The van der Waals surface area contributed by atoms with Crippen LogP contribution in [0.3, 0.4) is 0 Å². The predicted molar refractivity (Wildman–Crippen MR) is 108 cm³/mol. The normalized spacial score (nSPS) is 15.0. The lowest BCUT2D eigenvalue weighted by atomic mass is 10.0. The van der Waals surface area contributed by atoms with Crippen molar-refractivity contribution in [3.05, 3.63) is 76.5 Å². The Bertz CT molecular complexity index is 1270. The molecule has 140 valence electrons. The van der Waals surface area contributed by atoms with Gasteiger partial charge in [-0.2, -0.15) is 0 Å². The number of rotatable bonds is 2. The summed E-state index contributed by atoms with van der Waals surface area (Å²) in [6.07, 6.45) is 2.29. The van der Waals surface area contributed by atoms with Crippen molar-refractivity contribution in [1.29, 1.82) is 0 Å². The molecule has 0 radical (unpaired) electrons. The Morgan fingerprint density at radius 3 is 2.71 bits per heavy atom. The topological polar surface area (TPSA) is 71.0 Å². The SMILES string of the molecule is C[C@H](C(=O)N1CCc2c([nH]c3ccccc23)C1)n1cnc2ccccc2c1=O. The van der Waals surface area contributed by atoms with E-state index in [1.54, 1.807) is 19.1 Å². The van der Waals surface area contributed by atoms with Crippen LogP contribution >= 0.6 is 0 Å². The highest BCUT2D eigenvalue weighted by molar-refractivity contribution is 5.86. The van der Waals surface area contributed by atoms with Gasteiger partial charge in [0, 0.05) is 23.1 Å². The van der Waals surface area contributed by atoms with Gasteiger partial charge in [0.25, 0.3) is 5.56 Å². The molecule has 2 aromatic heterocycles. The summed E-state index contributed by atoms with van der Waals surface area (Å²) < 4.78 is 1.44. The van der Waals surface area contributed by atoms with Gasteiger partial charge in [0.1, 0.15) is 6.04 Å². The standard InChI is InChI=1S/C22H20N4O2/c1-14(26-13-23-18-8-4-3-7-17(18)22(26)28)21(27)25-11-10-16-15-6-2-5-9-19(15)24-20(16)12-25/h2-9,13-14,24H,10-12H2,1H3/t14-/m1/s1. The maximum absolute atomic E-state index is 13.1. The van der Waals surface area contributed by atoms with Gasteiger partial charge in [0.05, 0.1) is 23.8 Å². The van der Waals surface area contributed by atoms with Crippen LogP contribution in [0.2, 0.25) is 0 Å². The fourth-order valence-electron chi connectivity index (χ4n) is 4.12. The Kier molecular flexibility index (Phi) is 3.79. The summed E-state index contributed by atoms with van der Waals surface area (Å²) in [5.74, 6) is -0.0662. The summed E-state index contributed by atoms with van der Waals surface area (Å²) in [5, 5.41) is 1.76. The molecular weight excluding hydrogens is 352 g/mol. The maximum Gasteiger partial charge on any atom is 0.261 e. The number of nitrogens with zero attached hydrogens (tertiary/aromatic N) is 3. The van der Waals surface area contributed by atoms with E-state index in [9.17, 15) is 9.59 Å². The number of carbonyl (C=O) groups excluding carboxylic acids is 1. The predicted octanol–water partition coefficient (Wildman–Crippen LogP) is 3.02. The zero-order valence-electron chi connectivity index (χ0n) is 15.6. The van der Waals surface area contributed by atoms with Crippen molar-refractivity contribution in [1.82, 2.24) is 19.4 Å². The van der Waals surface area contributed by atoms with Gasteiger partial charge in [0.15, 0.2) is 0 Å². The van der Waals surface area contributed by atoms with Gasteiger partial charge >= 0.3 is 0 Å². The number of hydrogen-bond acceptors (Lipinski definition) is 3. The van der Waals surface area contributed by atoms with Crippen LogP contribution in [0.1, 0.15) is 24.2 Å². The molecule has 0 saturated carbocycles. The van der Waals surface area contributed by atoms with E-state index in [-0.39, 0.29) is 11.5 Å². The Balaban J connectivity index is 1.45. The molecule has 1 atom stereocenters. The van der Waals surface area contributed by atoms with Crippen LogP contribution in [0.15, 0.2) is 59.7 Å². The second-order valence-corrected chi connectivity index (χ2v) is 7.29. The smallest absolute Gasteiger partial charge is 0.261 e. The van der Waals surface area contributed by atoms with Gasteiger partial charge in [-0.25, -0.2) is 4.98 Å². The summed E-state index contributed by atoms with van der Waals surface area (Å²) in [6, 6.07) is 14.8. The Labute approximate surface area is 161 Å². The van der Waals surface area contributed by atoms with Crippen LogP contribution < -0.4 is 5.56 Å². The molecule has 0 saturated heterocycles. The molecule has 6 heteroatoms. The van der Waals surface area contributed by atoms with E-state index in [1.807, 2.05) is 29.2 Å². The molecule has 0 bridgehead atoms. The zero-order valence-corrected chi connectivity index (χ0v) is 15.6. The Hall–Kier alpha value is -3.41. The van der Waals surface area contributed by atoms with Crippen LogP contribution in [0.4, 0.5) is 0 Å². The number of aromatic nitrogens is 3. The number of aromatic amines is 1. The van der Waals surface area contributed by atoms with E-state index in [2.05, 4.69) is 22.1 Å². The summed E-state index contributed by atoms with van der Waals surface area (Å²) >= 11 is 0. The van der Waals surface area contributed by atoms with Gasteiger partial charge in [-0.3, -0.25) is 14.2 Å². The molecule has 0 aliphatic carbocycles. The van der Waals surface area contributed by atoms with Gasteiger partial charge in [0.2, 0.25) is 5.91 Å². The Morgan fingerprint density at radius 2 is 1.86 bits per heavy atom. The van der Waals surface area contributed by atoms with Crippen molar-refractivity contribution in [2.24, 2.45) is 0 Å². The number of hydrogen-bond donors (Lipinski definition) is 1. The fourth-order valence-corrected chi connectivity index (χ4v) is 4.12. The molecule has 4 aromatic rings. The van der Waals surface area contributed by atoms with Crippen LogP contribution in [-0.2, 0) is 17.8 Å². The van der Waals surface area contributed by atoms with Crippen LogP contribution in [-0.4, -0.2) is 31.9 Å². The highest BCUT2D eigenvalue weighted by Crippen LogP contribution is 2.28. The monoisotopic (exact) mass is 372 g/mol. The molecule has 0 spiro atoms. The average Bonchev–Trinajstić information content (AvgIpc) is 3.11. The van der Waals surface area contributed by atoms with E-state index >= 15 is 0 Å². The molecule has 0 unspecified atom stereocenters. The van der Waals surface area contributed by atoms with E-state index in [0.717, 1.165) is 17.6 Å². The number of benzene rings is 2. The van der Waals surface area contributed by atoms with E-state index in [1.165, 1.54) is 21.8 Å². The maximum atomic E-state index is 13.1. The molecule has 6 nitrogen and oxygen atoms in total. The van der Waals surface area contributed by atoms with E-state index in [0.29, 0.717) is 24.0 Å². The van der Waals surface area contributed by atoms with Crippen LogP contribution in [0.5, 0.6) is 0 Å². The molecule has 28 heavy (non-hydrogen) atoms. The number of nitrogens with one attached hydrogen (secondary N) is 1. The van der Waals surface area contributed by atoms with E-state index < -0.39 is 6.04 Å². The van der Waals surface area contributed by atoms with Gasteiger partial charge in [-0.15, -0.1) is 0 Å². The highest BCUT2D eigenvalue weighted by Gasteiger charge is 2.28. The second kappa shape index (κ2) is 6.34. The summed E-state index contributed by atoms with van der Waals surface area (Å²) in [5.41, 5.74) is 3.93. The van der Waals surface area contributed by atoms with Crippen LogP contribution in [0, 0.1) is 0 Å². The Morgan fingerprint density at radius 1 is 1.11 bits per heavy atom. The minimum Gasteiger partial charge on any atom is -0.357 e. The van der Waals surface area contributed by atoms with Gasteiger partial charge in [-0.1, -0.05) is 30.3 Å². The number of para-hydroxylation sites is 2. The lowest BCUT2D eigenvalue weighted by Gasteiger charge is -2.30. The molecule has 2 aromatic carbocycles. The number of carbonyl (C=O) groups is 1. The lowest BCUT2D eigenvalue weighted by molar-refractivity contribution is -0.135. The minimum absolute atomic E-state index is 0.0662. The number of fused-ring (bicyclic) bond motifs is 4. The zero-order chi connectivity index (χ0) is 19.3. The van der Waals surface area contributed by atoms with Crippen molar-refractivity contribution < 1.29 is 4.79 Å². The molecule has 1 N–H and O–H groups in total. The third-order valence-electron chi connectivity index (χ3n) is 5.66. The fraction of sp³-hybridized carbons (Fsp3) is 0.227. The first-order chi connectivity index (χ1) is 13.6. The van der Waals surface area contributed by atoms with Crippen LogP contribution in [0.25, 0.3) is 21.8 Å². The molecular formula is C22H20N4O2. The van der Waals surface area contributed by atoms with Crippen molar-refractivity contribution in [2.45, 2.75) is 25.9 Å². The summed E-state index contributed by atoms with van der Waals surface area (Å²) in [4.78, 5) is 35.6. The quantitative estimate of drug-likeness (QED) is 0.588. The largest absolute Gasteiger partial charge is 0.357 e. The minimum atomic E-state index is -0.601.